The van der Waals surface area contributed by atoms with Crippen LogP contribution in [0.1, 0.15) is 81.6 Å². The molecule has 3 fully saturated rings. The smallest absolute Gasteiger partial charge is 0.199 e. The number of benzene rings is 3. The third kappa shape index (κ3) is 7.38. The molecule has 244 valence electrons. The maximum atomic E-state index is 6.86. The van der Waals surface area contributed by atoms with Crippen molar-refractivity contribution in [3.05, 3.63) is 83.4 Å². The zero-order valence-corrected chi connectivity index (χ0v) is 27.2. The fraction of sp³-hybridized carbons (Fsp3) is 0.487. The summed E-state index contributed by atoms with van der Waals surface area (Å²) in [5.74, 6) is 4.06. The van der Waals surface area contributed by atoms with Crippen LogP contribution in [-0.4, -0.2) is 56.9 Å². The summed E-state index contributed by atoms with van der Waals surface area (Å²) in [6, 6.07) is 22.9. The molecule has 0 unspecified atom stereocenters. The second-order valence-electron chi connectivity index (χ2n) is 13.2. The highest BCUT2D eigenvalue weighted by Crippen LogP contribution is 2.48. The quantitative estimate of drug-likeness (QED) is 0.225. The third-order valence-electron chi connectivity index (χ3n) is 9.61. The van der Waals surface area contributed by atoms with Gasteiger partial charge in [0.05, 0.1) is 13.2 Å². The first-order valence-corrected chi connectivity index (χ1v) is 17.2. The zero-order valence-electron chi connectivity index (χ0n) is 27.2. The van der Waals surface area contributed by atoms with Gasteiger partial charge >= 0.3 is 0 Å². The summed E-state index contributed by atoms with van der Waals surface area (Å²) in [5, 5.41) is 0. The van der Waals surface area contributed by atoms with Crippen molar-refractivity contribution in [1.82, 2.24) is 4.90 Å². The molecular weight excluding hydrogens is 578 g/mol. The first-order valence-electron chi connectivity index (χ1n) is 17.2. The zero-order chi connectivity index (χ0) is 31.3. The van der Waals surface area contributed by atoms with Crippen molar-refractivity contribution in [2.45, 2.75) is 77.5 Å². The molecule has 46 heavy (non-hydrogen) atoms. The molecule has 7 heteroatoms. The van der Waals surface area contributed by atoms with E-state index < -0.39 is 0 Å². The van der Waals surface area contributed by atoms with Gasteiger partial charge in [-0.05, 0) is 105 Å². The highest BCUT2D eigenvalue weighted by atomic mass is 16.7. The van der Waals surface area contributed by atoms with Gasteiger partial charge in [-0.15, -0.1) is 0 Å². The first-order chi connectivity index (χ1) is 22.6. The van der Waals surface area contributed by atoms with E-state index in [0.717, 1.165) is 109 Å². The Morgan fingerprint density at radius 1 is 0.761 bits per heavy atom. The number of hydrogen-bond acceptors (Lipinski definition) is 7. The molecule has 7 nitrogen and oxygen atoms in total. The SMILES string of the molecule is CC1=C(c2ccc(O[C@@H]3CCCCO3)cc2)[C@@H](c2ccc(OCCN3CC[C@@H](C)C3)cc2)Oc2cc(O[C@@H]3CCCCO3)ccc21. The van der Waals surface area contributed by atoms with Gasteiger partial charge in [0.1, 0.15) is 35.7 Å². The normalized spacial score (nSPS) is 25.1. The lowest BCUT2D eigenvalue weighted by Crippen LogP contribution is -2.25. The molecule has 0 radical (unpaired) electrons. The highest BCUT2D eigenvalue weighted by Gasteiger charge is 2.30. The summed E-state index contributed by atoms with van der Waals surface area (Å²) in [5.41, 5.74) is 5.54. The topological polar surface area (TPSA) is 58.6 Å². The van der Waals surface area contributed by atoms with Crippen LogP contribution in [0.3, 0.4) is 0 Å². The first kappa shape index (κ1) is 31.1. The Kier molecular flexibility index (Phi) is 9.80. The third-order valence-corrected chi connectivity index (χ3v) is 9.61. The average Bonchev–Trinajstić information content (AvgIpc) is 3.51. The molecule has 7 rings (SSSR count). The summed E-state index contributed by atoms with van der Waals surface area (Å²) in [6.45, 7) is 10.00. The summed E-state index contributed by atoms with van der Waals surface area (Å²) in [4.78, 5) is 2.49. The fourth-order valence-electron chi connectivity index (χ4n) is 7.00. The molecule has 3 saturated heterocycles. The molecule has 4 atom stereocenters. The van der Waals surface area contributed by atoms with E-state index in [0.29, 0.717) is 6.61 Å². The Morgan fingerprint density at radius 2 is 1.43 bits per heavy atom. The summed E-state index contributed by atoms with van der Waals surface area (Å²) >= 11 is 0. The number of hydrogen-bond donors (Lipinski definition) is 0. The van der Waals surface area contributed by atoms with Crippen molar-refractivity contribution in [2.75, 3.05) is 39.5 Å². The average molecular weight is 626 g/mol. The minimum absolute atomic E-state index is 0.173. The minimum atomic E-state index is -0.303. The lowest BCUT2D eigenvalue weighted by molar-refractivity contribution is -0.106. The van der Waals surface area contributed by atoms with Crippen molar-refractivity contribution in [3.63, 3.8) is 0 Å². The van der Waals surface area contributed by atoms with Crippen LogP contribution in [0.15, 0.2) is 66.7 Å². The van der Waals surface area contributed by atoms with Crippen LogP contribution in [0.4, 0.5) is 0 Å². The van der Waals surface area contributed by atoms with Crippen LogP contribution in [0, 0.1) is 5.92 Å². The monoisotopic (exact) mass is 625 g/mol. The van der Waals surface area contributed by atoms with Crippen LogP contribution in [0.25, 0.3) is 11.1 Å². The second-order valence-corrected chi connectivity index (χ2v) is 13.2. The summed E-state index contributed by atoms with van der Waals surface area (Å²) < 4.78 is 37.0. The number of fused-ring (bicyclic) bond motifs is 1. The lowest BCUT2D eigenvalue weighted by atomic mass is 9.86. The molecular formula is C39H47NO6. The van der Waals surface area contributed by atoms with Gasteiger partial charge in [0.2, 0.25) is 0 Å². The van der Waals surface area contributed by atoms with Gasteiger partial charge in [0, 0.05) is 43.1 Å². The van der Waals surface area contributed by atoms with Crippen LogP contribution in [0.5, 0.6) is 23.0 Å². The van der Waals surface area contributed by atoms with E-state index in [1.165, 1.54) is 25.1 Å². The van der Waals surface area contributed by atoms with Gasteiger partial charge in [-0.1, -0.05) is 31.2 Å². The van der Waals surface area contributed by atoms with E-state index in [1.807, 2.05) is 24.3 Å². The van der Waals surface area contributed by atoms with Crippen molar-refractivity contribution in [3.8, 4) is 23.0 Å². The largest absolute Gasteiger partial charge is 0.492 e. The number of allylic oxidation sites excluding steroid dienone is 1. The van der Waals surface area contributed by atoms with Crippen LogP contribution in [-0.2, 0) is 9.47 Å². The van der Waals surface area contributed by atoms with Gasteiger partial charge < -0.3 is 28.4 Å². The molecule has 0 aliphatic carbocycles. The Labute approximate surface area is 273 Å². The molecule has 0 amide bonds. The molecule has 4 heterocycles. The number of ether oxygens (including phenoxy) is 6. The van der Waals surface area contributed by atoms with E-state index in [1.54, 1.807) is 0 Å². The molecule has 0 N–H and O–H groups in total. The maximum Gasteiger partial charge on any atom is 0.199 e. The fourth-order valence-corrected chi connectivity index (χ4v) is 7.00. The predicted molar refractivity (Wildman–Crippen MR) is 179 cm³/mol. The highest BCUT2D eigenvalue weighted by molar-refractivity contribution is 5.95. The molecule has 3 aromatic rings. The van der Waals surface area contributed by atoms with Crippen molar-refractivity contribution in [1.29, 1.82) is 0 Å². The van der Waals surface area contributed by atoms with Crippen LogP contribution in [0.2, 0.25) is 0 Å². The van der Waals surface area contributed by atoms with E-state index in [4.69, 9.17) is 28.4 Å². The van der Waals surface area contributed by atoms with Gasteiger partial charge in [0.25, 0.3) is 0 Å². The minimum Gasteiger partial charge on any atom is -0.492 e. The maximum absolute atomic E-state index is 6.86. The second kappa shape index (κ2) is 14.5. The van der Waals surface area contributed by atoms with Crippen LogP contribution >= 0.6 is 0 Å². The van der Waals surface area contributed by atoms with Gasteiger partial charge in [-0.3, -0.25) is 4.90 Å². The number of rotatable bonds is 10. The molecule has 0 bridgehead atoms. The lowest BCUT2D eigenvalue weighted by Gasteiger charge is -2.32. The Hall–Kier alpha value is -3.52. The van der Waals surface area contributed by atoms with Crippen LogP contribution < -0.4 is 18.9 Å². The molecule has 0 spiro atoms. The van der Waals surface area contributed by atoms with E-state index in [2.05, 4.69) is 61.2 Å². The standard InChI is InChI=1S/C39H47NO6/c1-27-19-20-40(26-27)21-24-41-31-13-11-30(12-14-31)39-38(29-9-15-32(16-10-29)44-36-7-3-5-22-42-36)28(2)34-18-17-33(25-35(34)46-39)45-37-8-4-6-23-43-37/h9-18,25,27,36-37,39H,3-8,19-24,26H2,1-2H3/t27-,36-,37-,39-/m1/s1. The van der Waals surface area contributed by atoms with Gasteiger partial charge in [-0.2, -0.15) is 0 Å². The Morgan fingerprint density at radius 3 is 2.09 bits per heavy atom. The summed E-state index contributed by atoms with van der Waals surface area (Å²) in [7, 11) is 0. The molecule has 4 aliphatic rings. The van der Waals surface area contributed by atoms with E-state index in [-0.39, 0.29) is 18.7 Å². The summed E-state index contributed by atoms with van der Waals surface area (Å²) in [6.07, 6.45) is 6.86. The van der Waals surface area contributed by atoms with E-state index in [9.17, 15) is 0 Å². The molecule has 0 aromatic heterocycles. The molecule has 3 aromatic carbocycles. The number of nitrogens with zero attached hydrogens (tertiary/aromatic N) is 1. The predicted octanol–water partition coefficient (Wildman–Crippen LogP) is 8.28. The van der Waals surface area contributed by atoms with E-state index >= 15 is 0 Å². The number of likely N-dealkylation sites (tertiary alicyclic amines) is 1. The van der Waals surface area contributed by atoms with Crippen molar-refractivity contribution < 1.29 is 28.4 Å². The molecule has 0 saturated carbocycles. The van der Waals surface area contributed by atoms with Crippen molar-refractivity contribution in [2.24, 2.45) is 5.92 Å². The molecule has 4 aliphatic heterocycles. The van der Waals surface area contributed by atoms with Gasteiger partial charge in [-0.25, -0.2) is 0 Å². The Balaban J connectivity index is 1.13. The Bertz CT molecular complexity index is 1470. The van der Waals surface area contributed by atoms with Crippen molar-refractivity contribution >= 4 is 11.1 Å². The van der Waals surface area contributed by atoms with Gasteiger partial charge in [0.15, 0.2) is 12.6 Å².